The molecule has 1 amide bonds. The van der Waals surface area contributed by atoms with Gasteiger partial charge in [0.25, 0.3) is 5.91 Å². The minimum Gasteiger partial charge on any atom is -0.337 e. The SMILES string of the molecule is CCCS(=O)(=O)NC1CCN(C(=O)c2cc(C(C)C)[nH]n2)CC1. The summed E-state index contributed by atoms with van der Waals surface area (Å²) in [6, 6.07) is 1.71. The molecule has 0 aliphatic carbocycles. The van der Waals surface area contributed by atoms with Gasteiger partial charge in [-0.25, -0.2) is 13.1 Å². The largest absolute Gasteiger partial charge is 0.337 e. The highest BCUT2D eigenvalue weighted by Gasteiger charge is 2.27. The Morgan fingerprint density at radius 3 is 2.61 bits per heavy atom. The molecule has 1 aliphatic heterocycles. The lowest BCUT2D eigenvalue weighted by atomic mass is 10.1. The Morgan fingerprint density at radius 2 is 2.09 bits per heavy atom. The second-order valence-corrected chi connectivity index (χ2v) is 8.24. The molecule has 1 fully saturated rings. The van der Waals surface area contributed by atoms with Crippen molar-refractivity contribution in [3.05, 3.63) is 17.5 Å². The zero-order chi connectivity index (χ0) is 17.0. The molecule has 2 N–H and O–H groups in total. The molecular weight excluding hydrogens is 316 g/mol. The maximum absolute atomic E-state index is 12.4. The predicted octanol–water partition coefficient (Wildman–Crippen LogP) is 1.47. The number of likely N-dealkylation sites (tertiary alicyclic amines) is 1. The first-order valence-electron chi connectivity index (χ1n) is 8.17. The number of amides is 1. The van der Waals surface area contributed by atoms with Crippen molar-refractivity contribution >= 4 is 15.9 Å². The lowest BCUT2D eigenvalue weighted by Gasteiger charge is -2.31. The Morgan fingerprint density at radius 1 is 1.43 bits per heavy atom. The van der Waals surface area contributed by atoms with Crippen LogP contribution in [0.15, 0.2) is 6.07 Å². The Bertz CT molecular complexity index is 631. The number of carbonyl (C=O) groups excluding carboxylic acids is 1. The van der Waals surface area contributed by atoms with Crippen LogP contribution in [0, 0.1) is 0 Å². The van der Waals surface area contributed by atoms with Crippen LogP contribution in [0.4, 0.5) is 0 Å². The first kappa shape index (κ1) is 17.9. The summed E-state index contributed by atoms with van der Waals surface area (Å²) in [7, 11) is -3.20. The van der Waals surface area contributed by atoms with Crippen LogP contribution < -0.4 is 4.72 Å². The number of nitrogens with zero attached hydrogens (tertiary/aromatic N) is 2. The van der Waals surface area contributed by atoms with E-state index in [-0.39, 0.29) is 17.7 Å². The third kappa shape index (κ3) is 4.78. The van der Waals surface area contributed by atoms with E-state index >= 15 is 0 Å². The Labute approximate surface area is 137 Å². The zero-order valence-electron chi connectivity index (χ0n) is 14.0. The third-order valence-corrected chi connectivity index (χ3v) is 5.68. The van der Waals surface area contributed by atoms with Crippen LogP contribution in [0.5, 0.6) is 0 Å². The molecule has 0 bridgehead atoms. The van der Waals surface area contributed by atoms with Gasteiger partial charge in [0.1, 0.15) is 5.69 Å². The number of carbonyl (C=O) groups is 1. The molecule has 0 atom stereocenters. The average molecular weight is 342 g/mol. The fourth-order valence-electron chi connectivity index (χ4n) is 2.69. The van der Waals surface area contributed by atoms with E-state index in [9.17, 15) is 13.2 Å². The highest BCUT2D eigenvalue weighted by Crippen LogP contribution is 2.17. The number of aromatic nitrogens is 2. The van der Waals surface area contributed by atoms with Gasteiger partial charge in [-0.3, -0.25) is 9.89 Å². The van der Waals surface area contributed by atoms with Crippen LogP contribution in [0.2, 0.25) is 0 Å². The number of nitrogens with one attached hydrogen (secondary N) is 2. The van der Waals surface area contributed by atoms with Crippen LogP contribution >= 0.6 is 0 Å². The standard InChI is InChI=1S/C15H26N4O3S/c1-4-9-23(21,22)18-12-5-7-19(8-6-12)15(20)14-10-13(11(2)3)16-17-14/h10-12,18H,4-9H2,1-3H3,(H,16,17). The van der Waals surface area contributed by atoms with Gasteiger partial charge < -0.3 is 4.90 Å². The number of hydrogen-bond donors (Lipinski definition) is 2. The smallest absolute Gasteiger partial charge is 0.274 e. The number of sulfonamides is 1. The van der Waals surface area contributed by atoms with E-state index in [1.165, 1.54) is 0 Å². The summed E-state index contributed by atoms with van der Waals surface area (Å²) >= 11 is 0. The van der Waals surface area contributed by atoms with Crippen LogP contribution in [0.3, 0.4) is 0 Å². The lowest BCUT2D eigenvalue weighted by molar-refractivity contribution is 0.0705. The molecule has 0 unspecified atom stereocenters. The molecule has 2 rings (SSSR count). The van der Waals surface area contributed by atoms with Gasteiger partial charge in [-0.15, -0.1) is 0 Å². The molecule has 0 aromatic carbocycles. The van der Waals surface area contributed by atoms with E-state index < -0.39 is 10.0 Å². The monoisotopic (exact) mass is 342 g/mol. The molecule has 1 aromatic rings. The molecule has 130 valence electrons. The molecule has 2 heterocycles. The molecule has 7 nitrogen and oxygen atoms in total. The third-order valence-electron chi connectivity index (χ3n) is 4.04. The van der Waals surface area contributed by atoms with Gasteiger partial charge in [0.2, 0.25) is 10.0 Å². The topological polar surface area (TPSA) is 95.2 Å². The number of piperidine rings is 1. The van der Waals surface area contributed by atoms with Crippen molar-refractivity contribution in [3.63, 3.8) is 0 Å². The van der Waals surface area contributed by atoms with Crippen molar-refractivity contribution in [2.45, 2.75) is 52.0 Å². The van der Waals surface area contributed by atoms with Crippen LogP contribution in [-0.4, -0.2) is 54.3 Å². The minimum atomic E-state index is -3.20. The molecule has 0 radical (unpaired) electrons. The summed E-state index contributed by atoms with van der Waals surface area (Å²) in [5.41, 5.74) is 1.37. The summed E-state index contributed by atoms with van der Waals surface area (Å²) in [5, 5.41) is 6.98. The molecule has 23 heavy (non-hydrogen) atoms. The predicted molar refractivity (Wildman–Crippen MR) is 88.8 cm³/mol. The minimum absolute atomic E-state index is 0.0824. The Kier molecular flexibility index (Phi) is 5.80. The van der Waals surface area contributed by atoms with Crippen molar-refractivity contribution in [2.24, 2.45) is 0 Å². The quantitative estimate of drug-likeness (QED) is 0.818. The van der Waals surface area contributed by atoms with Gasteiger partial charge in [-0.05, 0) is 31.2 Å². The molecule has 1 aliphatic rings. The number of rotatable bonds is 6. The summed E-state index contributed by atoms with van der Waals surface area (Å²) < 4.78 is 26.3. The normalized spacial score (nSPS) is 17.0. The molecule has 8 heteroatoms. The summed E-state index contributed by atoms with van der Waals surface area (Å²) in [6.07, 6.45) is 1.87. The van der Waals surface area contributed by atoms with Gasteiger partial charge in [0, 0.05) is 24.8 Å². The van der Waals surface area contributed by atoms with Crippen LogP contribution in [0.25, 0.3) is 0 Å². The van der Waals surface area contributed by atoms with E-state index in [1.807, 2.05) is 20.8 Å². The number of aromatic amines is 1. The highest BCUT2D eigenvalue weighted by atomic mass is 32.2. The highest BCUT2D eigenvalue weighted by molar-refractivity contribution is 7.89. The molecule has 1 aromatic heterocycles. The van der Waals surface area contributed by atoms with Gasteiger partial charge in [-0.1, -0.05) is 20.8 Å². The van der Waals surface area contributed by atoms with Crippen molar-refractivity contribution in [1.82, 2.24) is 19.8 Å². The maximum atomic E-state index is 12.4. The van der Waals surface area contributed by atoms with Gasteiger partial charge in [0.15, 0.2) is 0 Å². The molecule has 1 saturated heterocycles. The Balaban J connectivity index is 1.89. The zero-order valence-corrected chi connectivity index (χ0v) is 14.8. The summed E-state index contributed by atoms with van der Waals surface area (Å²) in [4.78, 5) is 14.2. The second kappa shape index (κ2) is 7.44. The van der Waals surface area contributed by atoms with Crippen molar-refractivity contribution < 1.29 is 13.2 Å². The van der Waals surface area contributed by atoms with E-state index in [4.69, 9.17) is 0 Å². The second-order valence-electron chi connectivity index (χ2n) is 6.37. The molecule has 0 saturated carbocycles. The van der Waals surface area contributed by atoms with E-state index in [1.54, 1.807) is 11.0 Å². The van der Waals surface area contributed by atoms with E-state index in [0.717, 1.165) is 5.69 Å². The first-order chi connectivity index (χ1) is 10.8. The number of H-pyrrole nitrogens is 1. The fraction of sp³-hybridized carbons (Fsp3) is 0.733. The van der Waals surface area contributed by atoms with Crippen molar-refractivity contribution in [3.8, 4) is 0 Å². The lowest BCUT2D eigenvalue weighted by Crippen LogP contribution is -2.47. The van der Waals surface area contributed by atoms with E-state index in [2.05, 4.69) is 14.9 Å². The summed E-state index contributed by atoms with van der Waals surface area (Å²) in [6.45, 7) is 7.01. The van der Waals surface area contributed by atoms with Crippen LogP contribution in [-0.2, 0) is 10.0 Å². The van der Waals surface area contributed by atoms with Crippen molar-refractivity contribution in [1.29, 1.82) is 0 Å². The summed E-state index contributed by atoms with van der Waals surface area (Å²) in [5.74, 6) is 0.350. The molecular formula is C15H26N4O3S. The first-order valence-corrected chi connectivity index (χ1v) is 9.82. The van der Waals surface area contributed by atoms with Gasteiger partial charge >= 0.3 is 0 Å². The molecule has 0 spiro atoms. The maximum Gasteiger partial charge on any atom is 0.274 e. The van der Waals surface area contributed by atoms with Gasteiger partial charge in [-0.2, -0.15) is 5.10 Å². The Hall–Kier alpha value is -1.41. The van der Waals surface area contributed by atoms with Crippen molar-refractivity contribution in [2.75, 3.05) is 18.8 Å². The van der Waals surface area contributed by atoms with Crippen LogP contribution in [0.1, 0.15) is 62.1 Å². The van der Waals surface area contributed by atoms with Gasteiger partial charge in [0.05, 0.1) is 5.75 Å². The fourth-order valence-corrected chi connectivity index (χ4v) is 4.08. The number of hydrogen-bond acceptors (Lipinski definition) is 4. The van der Waals surface area contributed by atoms with E-state index in [0.29, 0.717) is 44.0 Å². The average Bonchev–Trinajstić information content (AvgIpc) is 2.96.